The topological polar surface area (TPSA) is 28.9 Å². The highest BCUT2D eigenvalue weighted by Crippen LogP contribution is 2.27. The smallest absolute Gasteiger partial charge is 0.173 e. The Hall–Kier alpha value is -1.17. The Bertz CT molecular complexity index is 488. The number of nitrogens with one attached hydrogen (secondary N) is 2. The number of quaternary nitrogens is 1. The van der Waals surface area contributed by atoms with E-state index in [-0.39, 0.29) is 0 Å². The number of nitrogens with zero attached hydrogens (tertiary/aromatic N) is 1. The van der Waals surface area contributed by atoms with Gasteiger partial charge in [-0.05, 0) is 30.3 Å². The summed E-state index contributed by atoms with van der Waals surface area (Å²) in [6.45, 7) is 7.27. The first-order chi connectivity index (χ1) is 10.3. The van der Waals surface area contributed by atoms with Crippen LogP contribution in [-0.2, 0) is 11.2 Å². The Morgan fingerprint density at radius 2 is 2.10 bits per heavy atom. The summed E-state index contributed by atoms with van der Waals surface area (Å²) in [6, 6.07) is 8.54. The fourth-order valence-corrected chi connectivity index (χ4v) is 3.38. The first-order valence-electron chi connectivity index (χ1n) is 7.89. The maximum atomic E-state index is 5.55. The van der Waals surface area contributed by atoms with Crippen molar-refractivity contribution in [3.8, 4) is 0 Å². The van der Waals surface area contributed by atoms with E-state index in [9.17, 15) is 0 Å². The standard InChI is InChI=1S/C16H23N3OS/c21-16(17-7-3-8-18-10-12-20-13-11-18)19-9-6-14-4-1-2-5-15(14)19/h1-2,4-5H,3,6-13H2,(H,17,21)/p+1. The molecule has 2 aliphatic heterocycles. The molecule has 0 aromatic heterocycles. The fourth-order valence-electron chi connectivity index (χ4n) is 3.09. The molecule has 1 fully saturated rings. The zero-order valence-corrected chi connectivity index (χ0v) is 13.3. The van der Waals surface area contributed by atoms with Gasteiger partial charge in [0.15, 0.2) is 5.11 Å². The Labute approximate surface area is 132 Å². The van der Waals surface area contributed by atoms with Gasteiger partial charge in [0, 0.05) is 25.2 Å². The van der Waals surface area contributed by atoms with E-state index in [1.165, 1.54) is 17.8 Å². The molecular weight excluding hydrogens is 282 g/mol. The van der Waals surface area contributed by atoms with E-state index in [2.05, 4.69) is 34.5 Å². The number of rotatable bonds is 4. The molecule has 0 saturated carbocycles. The summed E-state index contributed by atoms with van der Waals surface area (Å²) in [6.07, 6.45) is 2.25. The van der Waals surface area contributed by atoms with Gasteiger partial charge >= 0.3 is 0 Å². The van der Waals surface area contributed by atoms with Gasteiger partial charge in [-0.2, -0.15) is 0 Å². The van der Waals surface area contributed by atoms with Crippen LogP contribution in [0.3, 0.4) is 0 Å². The van der Waals surface area contributed by atoms with E-state index < -0.39 is 0 Å². The van der Waals surface area contributed by atoms with Crippen LogP contribution in [0.4, 0.5) is 5.69 Å². The van der Waals surface area contributed by atoms with Crippen molar-refractivity contribution in [3.05, 3.63) is 29.8 Å². The summed E-state index contributed by atoms with van der Waals surface area (Å²) in [5.41, 5.74) is 2.67. The molecule has 2 aliphatic rings. The number of anilines is 1. The van der Waals surface area contributed by atoms with Gasteiger partial charge in [0.1, 0.15) is 13.1 Å². The molecule has 3 rings (SSSR count). The zero-order chi connectivity index (χ0) is 14.5. The Morgan fingerprint density at radius 3 is 2.95 bits per heavy atom. The van der Waals surface area contributed by atoms with Crippen LogP contribution in [0.2, 0.25) is 0 Å². The van der Waals surface area contributed by atoms with Crippen molar-refractivity contribution in [1.82, 2.24) is 5.32 Å². The van der Waals surface area contributed by atoms with Gasteiger partial charge in [-0.3, -0.25) is 0 Å². The minimum Gasteiger partial charge on any atom is -0.370 e. The summed E-state index contributed by atoms with van der Waals surface area (Å²) in [4.78, 5) is 3.88. The third-order valence-corrected chi connectivity index (χ3v) is 4.68. The summed E-state index contributed by atoms with van der Waals surface area (Å²) in [5, 5.41) is 4.29. The van der Waals surface area contributed by atoms with Gasteiger partial charge in [-0.15, -0.1) is 0 Å². The third kappa shape index (κ3) is 3.73. The van der Waals surface area contributed by atoms with Crippen LogP contribution in [0.15, 0.2) is 24.3 Å². The van der Waals surface area contributed by atoms with Gasteiger partial charge in [-0.1, -0.05) is 18.2 Å². The number of hydrogen-bond acceptors (Lipinski definition) is 2. The van der Waals surface area contributed by atoms with Crippen molar-refractivity contribution in [2.24, 2.45) is 0 Å². The molecule has 0 atom stereocenters. The van der Waals surface area contributed by atoms with Gasteiger partial charge in [0.05, 0.1) is 19.8 Å². The molecular formula is C16H24N3OS+. The summed E-state index contributed by atoms with van der Waals surface area (Å²) >= 11 is 5.55. The second-order valence-electron chi connectivity index (χ2n) is 5.73. The number of fused-ring (bicyclic) bond motifs is 1. The van der Waals surface area contributed by atoms with Crippen molar-refractivity contribution < 1.29 is 9.64 Å². The first-order valence-corrected chi connectivity index (χ1v) is 8.30. The van der Waals surface area contributed by atoms with E-state index in [0.717, 1.165) is 57.3 Å². The lowest BCUT2D eigenvalue weighted by Gasteiger charge is -2.24. The quantitative estimate of drug-likeness (QED) is 0.615. The van der Waals surface area contributed by atoms with Gasteiger partial charge < -0.3 is 19.9 Å². The van der Waals surface area contributed by atoms with Crippen molar-refractivity contribution in [2.75, 3.05) is 50.8 Å². The van der Waals surface area contributed by atoms with Crippen molar-refractivity contribution >= 4 is 23.0 Å². The second kappa shape index (κ2) is 7.20. The number of ether oxygens (including phenoxy) is 1. The highest BCUT2D eigenvalue weighted by Gasteiger charge is 2.21. The molecule has 0 spiro atoms. The molecule has 0 radical (unpaired) electrons. The SMILES string of the molecule is S=C(NCCC[NH+]1CCOCC1)N1CCc2ccccc21. The Morgan fingerprint density at radius 1 is 1.29 bits per heavy atom. The summed E-state index contributed by atoms with van der Waals surface area (Å²) in [7, 11) is 0. The highest BCUT2D eigenvalue weighted by molar-refractivity contribution is 7.80. The normalized spacial score (nSPS) is 18.6. The second-order valence-corrected chi connectivity index (χ2v) is 6.11. The molecule has 114 valence electrons. The number of para-hydroxylation sites is 1. The minimum absolute atomic E-state index is 0.872. The number of morpholine rings is 1. The molecule has 1 aromatic rings. The van der Waals surface area contributed by atoms with Crippen LogP contribution in [0.5, 0.6) is 0 Å². The summed E-state index contributed by atoms with van der Waals surface area (Å²) < 4.78 is 5.38. The third-order valence-electron chi connectivity index (χ3n) is 4.32. The molecule has 0 unspecified atom stereocenters. The maximum Gasteiger partial charge on any atom is 0.173 e. The van der Waals surface area contributed by atoms with E-state index in [1.54, 1.807) is 4.90 Å². The summed E-state index contributed by atoms with van der Waals surface area (Å²) in [5.74, 6) is 0. The molecule has 2 heterocycles. The maximum absolute atomic E-state index is 5.55. The molecule has 0 bridgehead atoms. The molecule has 0 amide bonds. The average Bonchev–Trinajstić information content (AvgIpc) is 2.96. The lowest BCUT2D eigenvalue weighted by molar-refractivity contribution is -0.908. The molecule has 4 nitrogen and oxygen atoms in total. The Balaban J connectivity index is 1.41. The fraction of sp³-hybridized carbons (Fsp3) is 0.562. The van der Waals surface area contributed by atoms with Crippen molar-refractivity contribution in [1.29, 1.82) is 0 Å². The van der Waals surface area contributed by atoms with Gasteiger partial charge in [-0.25, -0.2) is 0 Å². The predicted molar refractivity (Wildman–Crippen MR) is 89.1 cm³/mol. The van der Waals surface area contributed by atoms with Gasteiger partial charge in [0.25, 0.3) is 0 Å². The van der Waals surface area contributed by atoms with E-state index in [1.807, 2.05) is 0 Å². The predicted octanol–water partition coefficient (Wildman–Crippen LogP) is 0.229. The monoisotopic (exact) mass is 306 g/mol. The molecule has 5 heteroatoms. The zero-order valence-electron chi connectivity index (χ0n) is 12.4. The van der Waals surface area contributed by atoms with Crippen LogP contribution in [0, 0.1) is 0 Å². The Kier molecular flexibility index (Phi) is 5.06. The number of hydrogen-bond donors (Lipinski definition) is 2. The lowest BCUT2D eigenvalue weighted by Crippen LogP contribution is -3.14. The largest absolute Gasteiger partial charge is 0.370 e. The number of benzene rings is 1. The number of thiocarbonyl (C=S) groups is 1. The van der Waals surface area contributed by atoms with E-state index in [0.29, 0.717) is 0 Å². The molecule has 1 aromatic carbocycles. The van der Waals surface area contributed by atoms with Crippen LogP contribution in [0.1, 0.15) is 12.0 Å². The minimum atomic E-state index is 0.872. The molecule has 0 aliphatic carbocycles. The molecule has 2 N–H and O–H groups in total. The van der Waals surface area contributed by atoms with Crippen LogP contribution in [0.25, 0.3) is 0 Å². The van der Waals surface area contributed by atoms with Crippen LogP contribution >= 0.6 is 12.2 Å². The lowest BCUT2D eigenvalue weighted by atomic mass is 10.2. The average molecular weight is 306 g/mol. The highest BCUT2D eigenvalue weighted by atomic mass is 32.1. The van der Waals surface area contributed by atoms with Crippen molar-refractivity contribution in [2.45, 2.75) is 12.8 Å². The van der Waals surface area contributed by atoms with Gasteiger partial charge in [0.2, 0.25) is 0 Å². The van der Waals surface area contributed by atoms with E-state index >= 15 is 0 Å². The molecule has 1 saturated heterocycles. The van der Waals surface area contributed by atoms with E-state index in [4.69, 9.17) is 17.0 Å². The van der Waals surface area contributed by atoms with Crippen molar-refractivity contribution in [3.63, 3.8) is 0 Å². The van der Waals surface area contributed by atoms with Crippen LogP contribution in [-0.4, -0.2) is 51.0 Å². The van der Waals surface area contributed by atoms with Crippen LogP contribution < -0.4 is 15.1 Å². The molecule has 21 heavy (non-hydrogen) atoms. The first kappa shape index (κ1) is 14.8.